The second-order valence-corrected chi connectivity index (χ2v) is 16.2. The number of fused-ring (bicyclic) bond motifs is 1. The molecule has 0 spiro atoms. The van der Waals surface area contributed by atoms with Gasteiger partial charge >= 0.3 is 0 Å². The van der Waals surface area contributed by atoms with E-state index in [2.05, 4.69) is 36.7 Å². The van der Waals surface area contributed by atoms with Crippen LogP contribution < -0.4 is 21.5 Å². The number of benzene rings is 2. The average Bonchev–Trinajstić information content (AvgIpc) is 3.61. The van der Waals surface area contributed by atoms with Gasteiger partial charge in [0.15, 0.2) is 0 Å². The van der Waals surface area contributed by atoms with Crippen LogP contribution >= 0.6 is 11.3 Å². The molecule has 0 amide bonds. The molecule has 5 aromatic rings. The van der Waals surface area contributed by atoms with Crippen LogP contribution in [0.1, 0.15) is 30.7 Å². The number of likely N-dealkylation sites (tertiary alicyclic amines) is 1. The van der Waals surface area contributed by atoms with Gasteiger partial charge in [-0.3, -0.25) is 13.6 Å². The molecule has 0 bridgehead atoms. The van der Waals surface area contributed by atoms with Gasteiger partial charge in [0, 0.05) is 62.8 Å². The molecule has 48 heavy (non-hydrogen) atoms. The Morgan fingerprint density at radius 3 is 2.56 bits per heavy atom. The van der Waals surface area contributed by atoms with Crippen molar-refractivity contribution in [3.05, 3.63) is 87.5 Å². The number of anilines is 3. The van der Waals surface area contributed by atoms with Crippen LogP contribution in [0.3, 0.4) is 0 Å². The van der Waals surface area contributed by atoms with Crippen LogP contribution in [-0.4, -0.2) is 79.0 Å². The predicted molar refractivity (Wildman–Crippen MR) is 194 cm³/mol. The highest BCUT2D eigenvalue weighted by Crippen LogP contribution is 2.30. The average molecular weight is 687 g/mol. The molecule has 2 unspecified atom stereocenters. The third-order valence-corrected chi connectivity index (χ3v) is 12.6. The highest BCUT2D eigenvalue weighted by atomic mass is 32.2. The largest absolute Gasteiger partial charge is 0.381 e. The van der Waals surface area contributed by atoms with Gasteiger partial charge in [-0.05, 0) is 110 Å². The highest BCUT2D eigenvalue weighted by Gasteiger charge is 2.27. The summed E-state index contributed by atoms with van der Waals surface area (Å²) in [4.78, 5) is 30.3. The van der Waals surface area contributed by atoms with Crippen molar-refractivity contribution in [3.63, 3.8) is 0 Å². The maximum atomic E-state index is 15.9. The molecule has 7 rings (SSSR count). The highest BCUT2D eigenvalue weighted by molar-refractivity contribution is 8.00. The quantitative estimate of drug-likeness (QED) is 0.181. The predicted octanol–water partition coefficient (Wildman–Crippen LogP) is 5.18. The number of hydrogen-bond acceptors (Lipinski definition) is 10. The van der Waals surface area contributed by atoms with Crippen molar-refractivity contribution in [2.75, 3.05) is 43.9 Å². The van der Waals surface area contributed by atoms with E-state index in [1.807, 2.05) is 36.7 Å². The second-order valence-electron chi connectivity index (χ2n) is 12.6. The topological polar surface area (TPSA) is 117 Å². The Morgan fingerprint density at radius 1 is 1.06 bits per heavy atom. The molecule has 3 aromatic heterocycles. The SMILES string of the molecule is C=S(=O)(c1ccc(-c2cc3cnc(Nc4ccc(NC5CCCNC5)cc4)nc3n(Cc3nccs3)c2=O)c(F)c1)C1CCN(C)CC1. The Labute approximate surface area is 283 Å². The lowest BCUT2D eigenvalue weighted by atomic mass is 10.1. The number of rotatable bonds is 9. The molecule has 2 saturated heterocycles. The fourth-order valence-electron chi connectivity index (χ4n) is 6.50. The second kappa shape index (κ2) is 13.7. The molecule has 2 aliphatic rings. The van der Waals surface area contributed by atoms with Crippen molar-refractivity contribution < 1.29 is 8.60 Å². The summed E-state index contributed by atoms with van der Waals surface area (Å²) in [6.45, 7) is 3.83. The number of nitrogens with zero attached hydrogens (tertiary/aromatic N) is 5. The Morgan fingerprint density at radius 2 is 1.85 bits per heavy atom. The van der Waals surface area contributed by atoms with Crippen molar-refractivity contribution >= 4 is 55.1 Å². The first-order chi connectivity index (χ1) is 23.2. The molecule has 2 atom stereocenters. The van der Waals surface area contributed by atoms with E-state index < -0.39 is 20.9 Å². The summed E-state index contributed by atoms with van der Waals surface area (Å²) in [5.74, 6) is 3.76. The van der Waals surface area contributed by atoms with Crippen molar-refractivity contribution in [3.8, 4) is 11.1 Å². The van der Waals surface area contributed by atoms with Crippen LogP contribution in [0.4, 0.5) is 21.7 Å². The maximum Gasteiger partial charge on any atom is 0.260 e. The Kier molecular flexibility index (Phi) is 9.27. The summed E-state index contributed by atoms with van der Waals surface area (Å²) < 4.78 is 31.2. The zero-order valence-electron chi connectivity index (χ0n) is 26.8. The van der Waals surface area contributed by atoms with Gasteiger partial charge < -0.3 is 20.9 Å². The van der Waals surface area contributed by atoms with Crippen LogP contribution in [0.5, 0.6) is 0 Å². The summed E-state index contributed by atoms with van der Waals surface area (Å²) in [6.07, 6.45) is 7.09. The minimum absolute atomic E-state index is 0.121. The molecular formula is C35H39FN8O2S2. The number of thiazole rings is 1. The van der Waals surface area contributed by atoms with Gasteiger partial charge in [-0.15, -0.1) is 11.3 Å². The van der Waals surface area contributed by atoms with Gasteiger partial charge in [0.1, 0.15) is 16.5 Å². The van der Waals surface area contributed by atoms with Crippen molar-refractivity contribution in [2.24, 2.45) is 0 Å². The molecule has 2 aromatic carbocycles. The zero-order chi connectivity index (χ0) is 33.3. The lowest BCUT2D eigenvalue weighted by molar-refractivity contribution is 0.280. The number of aromatic nitrogens is 4. The van der Waals surface area contributed by atoms with Gasteiger partial charge in [0.05, 0.1) is 12.1 Å². The minimum Gasteiger partial charge on any atom is -0.381 e. The fourth-order valence-corrected chi connectivity index (χ4v) is 9.06. The normalized spacial score (nSPS) is 18.8. The van der Waals surface area contributed by atoms with Crippen LogP contribution in [0.2, 0.25) is 0 Å². The molecule has 250 valence electrons. The zero-order valence-corrected chi connectivity index (χ0v) is 28.5. The van der Waals surface area contributed by atoms with Gasteiger partial charge in [-0.25, -0.2) is 14.4 Å². The van der Waals surface area contributed by atoms with E-state index in [-0.39, 0.29) is 22.9 Å². The summed E-state index contributed by atoms with van der Waals surface area (Å²) in [5, 5.41) is 13.2. The van der Waals surface area contributed by atoms with Gasteiger partial charge in [-0.2, -0.15) is 4.98 Å². The molecule has 0 aliphatic carbocycles. The monoisotopic (exact) mass is 686 g/mol. The molecule has 3 N–H and O–H groups in total. The number of piperidine rings is 2. The first-order valence-electron chi connectivity index (χ1n) is 16.2. The smallest absolute Gasteiger partial charge is 0.260 e. The Bertz CT molecular complexity index is 2070. The first kappa shape index (κ1) is 32.4. The third kappa shape index (κ3) is 6.86. The van der Waals surface area contributed by atoms with E-state index >= 15 is 4.39 Å². The Hall–Kier alpha value is -4.17. The lowest BCUT2D eigenvalue weighted by Crippen LogP contribution is -2.38. The number of halogens is 1. The van der Waals surface area contributed by atoms with E-state index in [9.17, 15) is 9.00 Å². The Balaban J connectivity index is 1.20. The molecule has 0 saturated carbocycles. The van der Waals surface area contributed by atoms with Crippen LogP contribution in [0.15, 0.2) is 76.0 Å². The van der Waals surface area contributed by atoms with E-state index in [0.29, 0.717) is 32.9 Å². The van der Waals surface area contributed by atoms with Crippen LogP contribution in [0.25, 0.3) is 22.2 Å². The lowest BCUT2D eigenvalue weighted by Gasteiger charge is -2.31. The minimum atomic E-state index is -2.72. The molecule has 10 nitrogen and oxygen atoms in total. The molecule has 0 radical (unpaired) electrons. The fraction of sp³-hybridized carbons (Fsp3) is 0.343. The first-order valence-corrected chi connectivity index (χ1v) is 18.9. The van der Waals surface area contributed by atoms with Crippen molar-refractivity contribution in [1.82, 2.24) is 29.7 Å². The molecular weight excluding hydrogens is 648 g/mol. The van der Waals surface area contributed by atoms with E-state index in [1.54, 1.807) is 30.6 Å². The summed E-state index contributed by atoms with van der Waals surface area (Å²) in [5.41, 5.74) is 2.12. The standard InChI is InChI=1S/C35H39FN8O2S2/c1-43-15-11-27(12-16-43)48(2,46)28-9-10-29(31(36)19-28)30-18-23-20-39-35(42-33(23)44(34(30)45)22-32-38-14-17-47-32)41-25-7-5-24(6-8-25)40-26-4-3-13-37-21-26/h5-10,14,17-20,26-27,37,40H,2-4,11-13,15-16,21-22H2,1H3,(H,39,41,42). The van der Waals surface area contributed by atoms with Crippen molar-refractivity contribution in [1.29, 1.82) is 0 Å². The number of hydrogen-bond donors (Lipinski definition) is 3. The third-order valence-electron chi connectivity index (χ3n) is 9.25. The number of pyridine rings is 1. The van der Waals surface area contributed by atoms with Gasteiger partial charge in [0.2, 0.25) is 5.95 Å². The molecule has 5 heterocycles. The van der Waals surface area contributed by atoms with Gasteiger partial charge in [-0.1, -0.05) is 6.07 Å². The number of nitrogens with one attached hydrogen (secondary N) is 3. The van der Waals surface area contributed by atoms with Crippen LogP contribution in [0, 0.1) is 5.82 Å². The van der Waals surface area contributed by atoms with E-state index in [0.717, 1.165) is 63.2 Å². The van der Waals surface area contributed by atoms with Crippen LogP contribution in [-0.2, 0) is 16.1 Å². The summed E-state index contributed by atoms with van der Waals surface area (Å²) in [7, 11) is -0.687. The van der Waals surface area contributed by atoms with Gasteiger partial charge in [0.25, 0.3) is 5.56 Å². The van der Waals surface area contributed by atoms with E-state index in [1.165, 1.54) is 22.0 Å². The molecule has 2 fully saturated rings. The van der Waals surface area contributed by atoms with E-state index in [4.69, 9.17) is 4.98 Å². The maximum absolute atomic E-state index is 15.9. The summed E-state index contributed by atoms with van der Waals surface area (Å²) >= 11 is 1.42. The van der Waals surface area contributed by atoms with Crippen molar-refractivity contribution in [2.45, 2.75) is 48.4 Å². The molecule has 13 heteroatoms. The molecule has 2 aliphatic heterocycles. The summed E-state index contributed by atoms with van der Waals surface area (Å²) in [6, 6.07) is 14.5.